The second-order valence-corrected chi connectivity index (χ2v) is 10.3. The van der Waals surface area contributed by atoms with Gasteiger partial charge in [0.1, 0.15) is 0 Å². The first kappa shape index (κ1) is 19.6. The minimum atomic E-state index is -3.91. The van der Waals surface area contributed by atoms with Crippen LogP contribution in [0.25, 0.3) is 0 Å². The Bertz CT molecular complexity index is 1040. The van der Waals surface area contributed by atoms with Gasteiger partial charge in [0, 0.05) is 22.6 Å². The number of benzene rings is 2. The van der Waals surface area contributed by atoms with Gasteiger partial charge in [-0.15, -0.1) is 0 Å². The quantitative estimate of drug-likeness (QED) is 0.700. The largest absolute Gasteiger partial charge is 0.240 e. The van der Waals surface area contributed by atoms with Crippen LogP contribution < -0.4 is 9.44 Å². The molecule has 3 rings (SSSR count). The summed E-state index contributed by atoms with van der Waals surface area (Å²) in [5.74, 6) is 0. The number of halogens is 2. The molecule has 10 heteroatoms. The first-order chi connectivity index (χ1) is 12.2. The van der Waals surface area contributed by atoms with Gasteiger partial charge in [-0.2, -0.15) is 0 Å². The summed E-state index contributed by atoms with van der Waals surface area (Å²) in [5.41, 5.74) is 0.554. The van der Waals surface area contributed by atoms with Crippen molar-refractivity contribution in [3.63, 3.8) is 0 Å². The molecule has 0 radical (unpaired) electrons. The Hall–Kier alpha value is -1.16. The highest BCUT2D eigenvalue weighted by atomic mass is 35.5. The standard InChI is InChI=1S/C16H16Cl2N2O4S2/c17-12-5-4-11(16(18)8-12)10-19-25(21,22)14-2-1-3-15(9-14)26(23,24)20-13-6-7-13/h1-5,8-9,13,19-20H,6-7,10H2. The highest BCUT2D eigenvalue weighted by Crippen LogP contribution is 2.24. The van der Waals surface area contributed by atoms with Gasteiger partial charge in [-0.05, 0) is 48.7 Å². The molecule has 0 atom stereocenters. The smallest absolute Gasteiger partial charge is 0.208 e. The van der Waals surface area contributed by atoms with Crippen molar-refractivity contribution in [2.24, 2.45) is 0 Å². The van der Waals surface area contributed by atoms with Crippen LogP contribution in [-0.4, -0.2) is 22.9 Å². The second-order valence-electron chi connectivity index (χ2n) is 5.93. The van der Waals surface area contributed by atoms with E-state index < -0.39 is 20.0 Å². The highest BCUT2D eigenvalue weighted by molar-refractivity contribution is 7.90. The molecule has 1 aliphatic carbocycles. The van der Waals surface area contributed by atoms with Crippen LogP contribution in [0.1, 0.15) is 18.4 Å². The van der Waals surface area contributed by atoms with Crippen molar-refractivity contribution in [3.8, 4) is 0 Å². The molecule has 2 aromatic carbocycles. The van der Waals surface area contributed by atoms with Gasteiger partial charge in [-0.1, -0.05) is 35.3 Å². The van der Waals surface area contributed by atoms with Gasteiger partial charge >= 0.3 is 0 Å². The molecule has 0 aliphatic heterocycles. The van der Waals surface area contributed by atoms with Crippen molar-refractivity contribution in [3.05, 3.63) is 58.1 Å². The number of hydrogen-bond donors (Lipinski definition) is 2. The van der Waals surface area contributed by atoms with Crippen LogP contribution in [0.2, 0.25) is 10.0 Å². The van der Waals surface area contributed by atoms with Gasteiger partial charge in [0.2, 0.25) is 20.0 Å². The lowest BCUT2D eigenvalue weighted by molar-refractivity contribution is 0.579. The van der Waals surface area contributed by atoms with E-state index in [1.165, 1.54) is 24.3 Å². The Morgan fingerprint density at radius 1 is 0.923 bits per heavy atom. The average molecular weight is 435 g/mol. The number of sulfonamides is 2. The maximum absolute atomic E-state index is 12.5. The van der Waals surface area contributed by atoms with Crippen molar-refractivity contribution in [1.82, 2.24) is 9.44 Å². The second kappa shape index (κ2) is 7.46. The zero-order chi connectivity index (χ0) is 18.9. The molecule has 0 heterocycles. The summed E-state index contributed by atoms with van der Waals surface area (Å²) in [6.07, 6.45) is 1.58. The first-order valence-corrected chi connectivity index (χ1v) is 11.5. The zero-order valence-electron chi connectivity index (χ0n) is 13.4. The Labute approximate surface area is 162 Å². The van der Waals surface area contributed by atoms with Gasteiger partial charge in [0.25, 0.3) is 0 Å². The zero-order valence-corrected chi connectivity index (χ0v) is 16.6. The fourth-order valence-corrected chi connectivity index (χ4v) is 5.17. The average Bonchev–Trinajstić information content (AvgIpc) is 3.37. The third kappa shape index (κ3) is 4.76. The highest BCUT2D eigenvalue weighted by Gasteiger charge is 2.28. The van der Waals surface area contributed by atoms with Crippen molar-refractivity contribution < 1.29 is 16.8 Å². The molecule has 26 heavy (non-hydrogen) atoms. The maximum atomic E-state index is 12.5. The molecular formula is C16H16Cl2N2O4S2. The predicted octanol–water partition coefficient (Wildman–Crippen LogP) is 2.91. The van der Waals surface area contributed by atoms with Crippen molar-refractivity contribution in [1.29, 1.82) is 0 Å². The third-order valence-electron chi connectivity index (χ3n) is 3.79. The molecule has 2 aromatic rings. The van der Waals surface area contributed by atoms with Crippen LogP contribution in [0.15, 0.2) is 52.3 Å². The lowest BCUT2D eigenvalue weighted by Crippen LogP contribution is -2.27. The fourth-order valence-electron chi connectivity index (χ4n) is 2.22. The molecule has 1 fully saturated rings. The maximum Gasteiger partial charge on any atom is 0.240 e. The van der Waals surface area contributed by atoms with E-state index in [4.69, 9.17) is 23.2 Å². The predicted molar refractivity (Wildman–Crippen MR) is 100 cm³/mol. The van der Waals surface area contributed by atoms with Crippen LogP contribution in [-0.2, 0) is 26.6 Å². The van der Waals surface area contributed by atoms with Crippen molar-refractivity contribution in [2.75, 3.05) is 0 Å². The molecule has 0 unspecified atom stereocenters. The van der Waals surface area contributed by atoms with E-state index in [1.54, 1.807) is 12.1 Å². The minimum Gasteiger partial charge on any atom is -0.208 e. The van der Waals surface area contributed by atoms with E-state index in [2.05, 4.69) is 9.44 Å². The molecular weight excluding hydrogens is 419 g/mol. The molecule has 2 N–H and O–H groups in total. The van der Waals surface area contributed by atoms with E-state index in [9.17, 15) is 16.8 Å². The van der Waals surface area contributed by atoms with Gasteiger partial charge in [0.05, 0.1) is 9.79 Å². The van der Waals surface area contributed by atoms with Gasteiger partial charge in [0.15, 0.2) is 0 Å². The Balaban J connectivity index is 1.79. The lowest BCUT2D eigenvalue weighted by atomic mass is 10.2. The summed E-state index contributed by atoms with van der Waals surface area (Å²) in [6, 6.07) is 9.90. The van der Waals surface area contributed by atoms with Crippen LogP contribution in [0.4, 0.5) is 0 Å². The van der Waals surface area contributed by atoms with Gasteiger partial charge in [-0.3, -0.25) is 0 Å². The molecule has 0 saturated heterocycles. The first-order valence-electron chi connectivity index (χ1n) is 7.73. The molecule has 0 amide bonds. The molecule has 0 bridgehead atoms. The van der Waals surface area contributed by atoms with Crippen LogP contribution >= 0.6 is 23.2 Å². The van der Waals surface area contributed by atoms with Crippen LogP contribution in [0, 0.1) is 0 Å². The Morgan fingerprint density at radius 2 is 1.58 bits per heavy atom. The molecule has 1 saturated carbocycles. The third-order valence-corrected chi connectivity index (χ3v) is 7.30. The summed E-state index contributed by atoms with van der Waals surface area (Å²) in [5, 5.41) is 0.785. The topological polar surface area (TPSA) is 92.3 Å². The van der Waals surface area contributed by atoms with Crippen LogP contribution in [0.3, 0.4) is 0 Å². The van der Waals surface area contributed by atoms with E-state index in [1.807, 2.05) is 0 Å². The molecule has 6 nitrogen and oxygen atoms in total. The number of hydrogen-bond acceptors (Lipinski definition) is 4. The summed E-state index contributed by atoms with van der Waals surface area (Å²) in [6.45, 7) is -0.0460. The SMILES string of the molecule is O=S(=O)(NCc1ccc(Cl)cc1Cl)c1cccc(S(=O)(=O)NC2CC2)c1. The summed E-state index contributed by atoms with van der Waals surface area (Å²) in [4.78, 5) is -0.224. The summed E-state index contributed by atoms with van der Waals surface area (Å²) < 4.78 is 54.5. The Kier molecular flexibility index (Phi) is 5.62. The minimum absolute atomic E-state index is 0.0460. The summed E-state index contributed by atoms with van der Waals surface area (Å²) >= 11 is 11.9. The lowest BCUT2D eigenvalue weighted by Gasteiger charge is -2.10. The Morgan fingerprint density at radius 3 is 2.19 bits per heavy atom. The summed E-state index contributed by atoms with van der Waals surface area (Å²) in [7, 11) is -7.65. The van der Waals surface area contributed by atoms with E-state index in [0.717, 1.165) is 18.9 Å². The van der Waals surface area contributed by atoms with Gasteiger partial charge < -0.3 is 0 Å². The number of nitrogens with one attached hydrogen (secondary N) is 2. The van der Waals surface area contributed by atoms with E-state index >= 15 is 0 Å². The normalized spacial score (nSPS) is 15.2. The fraction of sp³-hybridized carbons (Fsp3) is 0.250. The van der Waals surface area contributed by atoms with Gasteiger partial charge in [-0.25, -0.2) is 26.3 Å². The molecule has 140 valence electrons. The molecule has 0 aromatic heterocycles. The molecule has 0 spiro atoms. The van der Waals surface area contributed by atoms with E-state index in [0.29, 0.717) is 15.6 Å². The number of rotatable bonds is 7. The van der Waals surface area contributed by atoms with Crippen molar-refractivity contribution in [2.45, 2.75) is 35.2 Å². The van der Waals surface area contributed by atoms with E-state index in [-0.39, 0.29) is 22.4 Å². The molecule has 1 aliphatic rings. The monoisotopic (exact) mass is 434 g/mol. The van der Waals surface area contributed by atoms with Crippen molar-refractivity contribution >= 4 is 43.2 Å². The van der Waals surface area contributed by atoms with Crippen LogP contribution in [0.5, 0.6) is 0 Å².